The van der Waals surface area contributed by atoms with Crippen LogP contribution >= 0.6 is 0 Å². The van der Waals surface area contributed by atoms with E-state index in [2.05, 4.69) is 5.32 Å². The number of nitrogens with one attached hydrogen (secondary N) is 1. The highest BCUT2D eigenvalue weighted by atomic mass is 19.1. The Morgan fingerprint density at radius 1 is 1.14 bits per heavy atom. The molecule has 0 atom stereocenters. The van der Waals surface area contributed by atoms with Crippen LogP contribution in [0.15, 0.2) is 36.4 Å². The Hall–Kier alpha value is -2.63. The summed E-state index contributed by atoms with van der Waals surface area (Å²) in [4.78, 5) is 11.1. The molecule has 0 aliphatic rings. The number of carbonyl (C=O) groups is 1. The van der Waals surface area contributed by atoms with Crippen LogP contribution in [-0.2, 0) is 6.42 Å². The zero-order valence-corrected chi connectivity index (χ0v) is 11.1. The molecule has 0 aromatic heterocycles. The fraction of sp³-hybridized carbons (Fsp3) is 0.133. The van der Waals surface area contributed by atoms with Crippen LogP contribution in [0.25, 0.3) is 0 Å². The summed E-state index contributed by atoms with van der Waals surface area (Å²) < 4.78 is 26.1. The number of nitrogen functional groups attached to an aromatic ring is 1. The smallest absolute Gasteiger partial charge is 0.337 e. The summed E-state index contributed by atoms with van der Waals surface area (Å²) in [6, 6.07) is 7.78. The van der Waals surface area contributed by atoms with Gasteiger partial charge < -0.3 is 16.2 Å². The molecule has 2 aromatic rings. The third kappa shape index (κ3) is 3.92. The van der Waals surface area contributed by atoms with Gasteiger partial charge in [-0.25, -0.2) is 13.6 Å². The second kappa shape index (κ2) is 6.21. The van der Waals surface area contributed by atoms with Gasteiger partial charge in [-0.3, -0.25) is 0 Å². The van der Waals surface area contributed by atoms with E-state index in [0.717, 1.165) is 6.07 Å². The molecular formula is C15H14F2N2O2. The van der Waals surface area contributed by atoms with E-state index in [0.29, 0.717) is 29.9 Å². The minimum absolute atomic E-state index is 0.0559. The number of aromatic carboxylic acids is 1. The molecule has 0 spiro atoms. The third-order valence-electron chi connectivity index (χ3n) is 2.93. The van der Waals surface area contributed by atoms with Crippen molar-refractivity contribution in [3.05, 3.63) is 59.2 Å². The Labute approximate surface area is 120 Å². The second-order valence-electron chi connectivity index (χ2n) is 4.56. The quantitative estimate of drug-likeness (QED) is 0.741. The summed E-state index contributed by atoms with van der Waals surface area (Å²) in [7, 11) is 0. The first-order valence-electron chi connectivity index (χ1n) is 6.27. The molecular weight excluding hydrogens is 278 g/mol. The number of hydrogen-bond acceptors (Lipinski definition) is 3. The van der Waals surface area contributed by atoms with Gasteiger partial charge in [0.05, 0.1) is 5.56 Å². The van der Waals surface area contributed by atoms with E-state index >= 15 is 0 Å². The van der Waals surface area contributed by atoms with Gasteiger partial charge in [0.1, 0.15) is 11.6 Å². The summed E-state index contributed by atoms with van der Waals surface area (Å²) in [5.74, 6) is -2.37. The van der Waals surface area contributed by atoms with Gasteiger partial charge in [0.25, 0.3) is 0 Å². The van der Waals surface area contributed by atoms with Crippen molar-refractivity contribution in [1.82, 2.24) is 0 Å². The lowest BCUT2D eigenvalue weighted by Gasteiger charge is -2.10. The van der Waals surface area contributed by atoms with E-state index in [1.165, 1.54) is 18.2 Å². The van der Waals surface area contributed by atoms with Crippen molar-refractivity contribution in [2.75, 3.05) is 17.6 Å². The Morgan fingerprint density at radius 2 is 1.81 bits per heavy atom. The molecule has 21 heavy (non-hydrogen) atoms. The van der Waals surface area contributed by atoms with Crippen molar-refractivity contribution in [2.24, 2.45) is 0 Å². The molecule has 110 valence electrons. The highest BCUT2D eigenvalue weighted by Crippen LogP contribution is 2.19. The minimum Gasteiger partial charge on any atom is -0.478 e. The van der Waals surface area contributed by atoms with E-state index in [-0.39, 0.29) is 5.56 Å². The maximum absolute atomic E-state index is 13.0. The van der Waals surface area contributed by atoms with Crippen molar-refractivity contribution in [1.29, 1.82) is 0 Å². The molecule has 2 rings (SSSR count). The summed E-state index contributed by atoms with van der Waals surface area (Å²) in [6.45, 7) is 0.340. The first-order valence-corrected chi connectivity index (χ1v) is 6.27. The Kier molecular flexibility index (Phi) is 4.37. The monoisotopic (exact) mass is 292 g/mol. The molecule has 0 bridgehead atoms. The average Bonchev–Trinajstić information content (AvgIpc) is 2.39. The molecule has 4 nitrogen and oxygen atoms in total. The maximum atomic E-state index is 13.0. The van der Waals surface area contributed by atoms with Crippen LogP contribution < -0.4 is 11.1 Å². The van der Waals surface area contributed by atoms with Crippen LogP contribution in [0.4, 0.5) is 20.2 Å². The van der Waals surface area contributed by atoms with Crippen LogP contribution in [0.5, 0.6) is 0 Å². The maximum Gasteiger partial charge on any atom is 0.337 e. The number of carboxylic acids is 1. The highest BCUT2D eigenvalue weighted by Gasteiger charge is 2.10. The van der Waals surface area contributed by atoms with E-state index in [4.69, 9.17) is 10.8 Å². The normalized spacial score (nSPS) is 10.4. The number of halogens is 2. The Morgan fingerprint density at radius 3 is 2.43 bits per heavy atom. The standard InChI is InChI=1S/C15H14F2N2O2/c16-10-5-9(6-11(17)7-10)3-4-19-14-2-1-12(18)8-13(14)15(20)21/h1-2,5-8,19H,3-4,18H2,(H,20,21). The largest absolute Gasteiger partial charge is 0.478 e. The predicted octanol–water partition coefficient (Wildman–Crippen LogP) is 2.90. The molecule has 6 heteroatoms. The second-order valence-corrected chi connectivity index (χ2v) is 4.56. The van der Waals surface area contributed by atoms with Crippen molar-refractivity contribution >= 4 is 17.3 Å². The van der Waals surface area contributed by atoms with Crippen LogP contribution in [-0.4, -0.2) is 17.6 Å². The molecule has 0 heterocycles. The summed E-state index contributed by atoms with van der Waals surface area (Å²) in [5.41, 5.74) is 6.86. The Balaban J connectivity index is 2.05. The number of carboxylic acid groups (broad SMARTS) is 1. The lowest BCUT2D eigenvalue weighted by Crippen LogP contribution is -2.10. The molecule has 0 saturated carbocycles. The molecule has 4 N–H and O–H groups in total. The number of benzene rings is 2. The molecule has 0 fully saturated rings. The van der Waals surface area contributed by atoms with E-state index < -0.39 is 17.6 Å². The number of anilines is 2. The van der Waals surface area contributed by atoms with Gasteiger partial charge in [-0.15, -0.1) is 0 Å². The van der Waals surface area contributed by atoms with Crippen LogP contribution in [0.2, 0.25) is 0 Å². The van der Waals surface area contributed by atoms with Crippen LogP contribution in [0.1, 0.15) is 15.9 Å². The van der Waals surface area contributed by atoms with E-state index in [9.17, 15) is 13.6 Å². The molecule has 0 saturated heterocycles. The van der Waals surface area contributed by atoms with Crippen molar-refractivity contribution in [3.63, 3.8) is 0 Å². The van der Waals surface area contributed by atoms with Crippen molar-refractivity contribution in [2.45, 2.75) is 6.42 Å². The highest BCUT2D eigenvalue weighted by molar-refractivity contribution is 5.95. The zero-order valence-electron chi connectivity index (χ0n) is 11.1. The van der Waals surface area contributed by atoms with Gasteiger partial charge in [0.15, 0.2) is 0 Å². The van der Waals surface area contributed by atoms with E-state index in [1.807, 2.05) is 0 Å². The lowest BCUT2D eigenvalue weighted by atomic mass is 10.1. The number of nitrogens with two attached hydrogens (primary N) is 1. The van der Waals surface area contributed by atoms with Crippen molar-refractivity contribution < 1.29 is 18.7 Å². The molecule has 0 amide bonds. The number of hydrogen-bond donors (Lipinski definition) is 3. The van der Waals surface area contributed by atoms with Gasteiger partial charge in [0, 0.05) is 24.0 Å². The lowest BCUT2D eigenvalue weighted by molar-refractivity contribution is 0.0698. The summed E-state index contributed by atoms with van der Waals surface area (Å²) in [6.07, 6.45) is 0.359. The first kappa shape index (κ1) is 14.8. The van der Waals surface area contributed by atoms with Crippen LogP contribution in [0.3, 0.4) is 0 Å². The van der Waals surface area contributed by atoms with Gasteiger partial charge in [-0.05, 0) is 42.3 Å². The summed E-state index contributed by atoms with van der Waals surface area (Å²) in [5, 5.41) is 12.0. The third-order valence-corrected chi connectivity index (χ3v) is 2.93. The molecule has 2 aromatic carbocycles. The Bertz CT molecular complexity index is 654. The van der Waals surface area contributed by atoms with Gasteiger partial charge in [0.2, 0.25) is 0 Å². The fourth-order valence-electron chi connectivity index (χ4n) is 1.99. The van der Waals surface area contributed by atoms with Gasteiger partial charge >= 0.3 is 5.97 Å². The molecule has 0 radical (unpaired) electrons. The average molecular weight is 292 g/mol. The SMILES string of the molecule is Nc1ccc(NCCc2cc(F)cc(F)c2)c(C(=O)O)c1. The fourth-order valence-corrected chi connectivity index (χ4v) is 1.99. The van der Waals surface area contributed by atoms with Crippen LogP contribution in [0, 0.1) is 11.6 Å². The number of rotatable bonds is 5. The topological polar surface area (TPSA) is 75.3 Å². The molecule has 0 unspecified atom stereocenters. The van der Waals surface area contributed by atoms with Gasteiger partial charge in [-0.2, -0.15) is 0 Å². The molecule has 0 aliphatic heterocycles. The first-order chi connectivity index (χ1) is 9.95. The molecule has 0 aliphatic carbocycles. The summed E-state index contributed by atoms with van der Waals surface area (Å²) >= 11 is 0. The predicted molar refractivity (Wildman–Crippen MR) is 76.4 cm³/mol. The van der Waals surface area contributed by atoms with E-state index in [1.54, 1.807) is 12.1 Å². The zero-order chi connectivity index (χ0) is 15.4. The van der Waals surface area contributed by atoms with Crippen molar-refractivity contribution in [3.8, 4) is 0 Å². The minimum atomic E-state index is -1.10. The van der Waals surface area contributed by atoms with Gasteiger partial charge in [-0.1, -0.05) is 0 Å².